The Morgan fingerprint density at radius 1 is 1.35 bits per heavy atom. The molecule has 3 N–H and O–H groups in total. The van der Waals surface area contributed by atoms with Gasteiger partial charge in [-0.1, -0.05) is 0 Å². The lowest BCUT2D eigenvalue weighted by molar-refractivity contribution is 0.467. The van der Waals surface area contributed by atoms with E-state index in [-0.39, 0.29) is 5.75 Å². The van der Waals surface area contributed by atoms with Crippen molar-refractivity contribution in [3.8, 4) is 5.75 Å². The number of rotatable bonds is 5. The molecule has 90 valence electrons. The topological polar surface area (TPSA) is 73.8 Å². The number of hydrogen-bond donors (Lipinski definition) is 3. The van der Waals surface area contributed by atoms with E-state index in [0.29, 0.717) is 18.7 Å². The van der Waals surface area contributed by atoms with Gasteiger partial charge in [0.25, 0.3) is 0 Å². The number of aromatic hydroxyl groups is 1. The van der Waals surface area contributed by atoms with Gasteiger partial charge in [0.15, 0.2) is 0 Å². The average molecular weight is 236 g/mol. The first kappa shape index (κ1) is 11.5. The summed E-state index contributed by atoms with van der Waals surface area (Å²) in [6, 6.07) is 4.00. The largest absolute Gasteiger partial charge is 0.508 e. The SMILES string of the molecule is Oc1cc(F)cc(CNCCc2ncn[nH]2)c1. The van der Waals surface area contributed by atoms with Crippen molar-refractivity contribution in [3.05, 3.63) is 41.7 Å². The van der Waals surface area contributed by atoms with Crippen molar-refractivity contribution in [3.63, 3.8) is 0 Å². The zero-order chi connectivity index (χ0) is 12.1. The minimum atomic E-state index is -0.433. The summed E-state index contributed by atoms with van der Waals surface area (Å²) in [4.78, 5) is 3.98. The zero-order valence-electron chi connectivity index (χ0n) is 9.15. The lowest BCUT2D eigenvalue weighted by Crippen LogP contribution is -2.17. The van der Waals surface area contributed by atoms with Crippen molar-refractivity contribution in [2.24, 2.45) is 0 Å². The number of phenolic OH excluding ortho intramolecular Hbond substituents is 1. The molecule has 0 aliphatic carbocycles. The van der Waals surface area contributed by atoms with Crippen LogP contribution in [0.4, 0.5) is 4.39 Å². The summed E-state index contributed by atoms with van der Waals surface area (Å²) in [5, 5.41) is 18.8. The monoisotopic (exact) mass is 236 g/mol. The van der Waals surface area contributed by atoms with Crippen LogP contribution in [0, 0.1) is 5.82 Å². The predicted molar refractivity (Wildman–Crippen MR) is 59.9 cm³/mol. The molecule has 1 aromatic heterocycles. The van der Waals surface area contributed by atoms with Crippen molar-refractivity contribution in [2.75, 3.05) is 6.54 Å². The predicted octanol–water partition coefficient (Wildman–Crippen LogP) is 0.982. The molecule has 2 aromatic rings. The van der Waals surface area contributed by atoms with Gasteiger partial charge in [-0.2, -0.15) is 5.10 Å². The normalized spacial score (nSPS) is 10.6. The molecule has 0 radical (unpaired) electrons. The van der Waals surface area contributed by atoms with Crippen LogP contribution in [0.5, 0.6) is 5.75 Å². The standard InChI is InChI=1S/C11H13FN4O/c12-9-3-8(4-10(17)5-9)6-13-2-1-11-14-7-15-16-11/h3-5,7,13,17H,1-2,6H2,(H,14,15,16). The third kappa shape index (κ3) is 3.53. The fraction of sp³-hybridized carbons (Fsp3) is 0.273. The zero-order valence-corrected chi connectivity index (χ0v) is 9.15. The summed E-state index contributed by atoms with van der Waals surface area (Å²) in [7, 11) is 0. The summed E-state index contributed by atoms with van der Waals surface area (Å²) in [6.07, 6.45) is 2.18. The number of nitrogens with zero attached hydrogens (tertiary/aromatic N) is 2. The van der Waals surface area contributed by atoms with Crippen molar-refractivity contribution in [1.82, 2.24) is 20.5 Å². The highest BCUT2D eigenvalue weighted by Gasteiger charge is 2.00. The number of aromatic nitrogens is 3. The first-order chi connectivity index (χ1) is 8.24. The van der Waals surface area contributed by atoms with E-state index in [0.717, 1.165) is 18.3 Å². The van der Waals surface area contributed by atoms with Gasteiger partial charge in [0.1, 0.15) is 23.7 Å². The van der Waals surface area contributed by atoms with Crippen molar-refractivity contribution in [1.29, 1.82) is 0 Å². The molecule has 0 amide bonds. The van der Waals surface area contributed by atoms with Crippen molar-refractivity contribution < 1.29 is 9.50 Å². The molecule has 5 nitrogen and oxygen atoms in total. The van der Waals surface area contributed by atoms with Gasteiger partial charge in [-0.05, 0) is 17.7 Å². The molecular formula is C11H13FN4O. The lowest BCUT2D eigenvalue weighted by Gasteiger charge is -2.04. The average Bonchev–Trinajstić information content (AvgIpc) is 2.76. The number of halogens is 1. The van der Waals surface area contributed by atoms with Gasteiger partial charge in [0, 0.05) is 25.6 Å². The molecule has 0 atom stereocenters. The molecule has 0 bridgehead atoms. The van der Waals surface area contributed by atoms with E-state index >= 15 is 0 Å². The van der Waals surface area contributed by atoms with Crippen LogP contribution < -0.4 is 5.32 Å². The van der Waals surface area contributed by atoms with Crippen molar-refractivity contribution in [2.45, 2.75) is 13.0 Å². The molecule has 1 aromatic carbocycles. The van der Waals surface area contributed by atoms with Gasteiger partial charge in [-0.25, -0.2) is 9.37 Å². The summed E-state index contributed by atoms with van der Waals surface area (Å²) in [5.41, 5.74) is 0.708. The molecule has 0 saturated carbocycles. The summed E-state index contributed by atoms with van der Waals surface area (Å²) in [5.74, 6) is 0.314. The molecule has 0 aliphatic heterocycles. The van der Waals surface area contributed by atoms with E-state index in [1.165, 1.54) is 18.5 Å². The number of aromatic amines is 1. The molecule has 0 saturated heterocycles. The van der Waals surface area contributed by atoms with Gasteiger partial charge >= 0.3 is 0 Å². The van der Waals surface area contributed by atoms with Gasteiger partial charge in [0.2, 0.25) is 0 Å². The smallest absolute Gasteiger partial charge is 0.137 e. The second-order valence-corrected chi connectivity index (χ2v) is 3.68. The van der Waals surface area contributed by atoms with Crippen LogP contribution in [-0.4, -0.2) is 26.8 Å². The number of phenols is 1. The van der Waals surface area contributed by atoms with Crippen LogP contribution >= 0.6 is 0 Å². The minimum absolute atomic E-state index is 0.0583. The molecule has 6 heteroatoms. The molecule has 1 heterocycles. The van der Waals surface area contributed by atoms with E-state index in [9.17, 15) is 9.50 Å². The molecule has 2 rings (SSSR count). The summed E-state index contributed by atoms with van der Waals surface area (Å²) >= 11 is 0. The van der Waals surface area contributed by atoms with E-state index in [1.54, 1.807) is 0 Å². The molecule has 17 heavy (non-hydrogen) atoms. The Hall–Kier alpha value is -1.95. The van der Waals surface area contributed by atoms with Crippen LogP contribution in [0.15, 0.2) is 24.5 Å². The van der Waals surface area contributed by atoms with Crippen LogP contribution in [-0.2, 0) is 13.0 Å². The Kier molecular flexibility index (Phi) is 3.66. The second kappa shape index (κ2) is 5.40. The van der Waals surface area contributed by atoms with Gasteiger partial charge in [-0.15, -0.1) is 0 Å². The first-order valence-corrected chi connectivity index (χ1v) is 5.27. The minimum Gasteiger partial charge on any atom is -0.508 e. The van der Waals surface area contributed by atoms with Crippen molar-refractivity contribution >= 4 is 0 Å². The molecule has 0 spiro atoms. The van der Waals surface area contributed by atoms with Crippen LogP contribution in [0.3, 0.4) is 0 Å². The molecule has 0 fully saturated rings. The third-order valence-electron chi connectivity index (χ3n) is 2.27. The molecule has 0 aliphatic rings. The first-order valence-electron chi connectivity index (χ1n) is 5.27. The highest BCUT2D eigenvalue weighted by molar-refractivity contribution is 5.28. The second-order valence-electron chi connectivity index (χ2n) is 3.68. The summed E-state index contributed by atoms with van der Waals surface area (Å²) < 4.78 is 12.9. The number of hydrogen-bond acceptors (Lipinski definition) is 4. The van der Waals surface area contributed by atoms with Gasteiger partial charge in [-0.3, -0.25) is 5.10 Å². The maximum Gasteiger partial charge on any atom is 0.137 e. The number of benzene rings is 1. The van der Waals surface area contributed by atoms with E-state index < -0.39 is 5.82 Å². The Balaban J connectivity index is 1.78. The number of nitrogens with one attached hydrogen (secondary N) is 2. The lowest BCUT2D eigenvalue weighted by atomic mass is 10.2. The maximum absolute atomic E-state index is 12.9. The fourth-order valence-electron chi connectivity index (χ4n) is 1.53. The van der Waals surface area contributed by atoms with Gasteiger partial charge in [0.05, 0.1) is 0 Å². The van der Waals surface area contributed by atoms with Crippen LogP contribution in [0.1, 0.15) is 11.4 Å². The fourth-order valence-corrected chi connectivity index (χ4v) is 1.53. The highest BCUT2D eigenvalue weighted by Crippen LogP contribution is 2.14. The Bertz CT molecular complexity index is 452. The van der Waals surface area contributed by atoms with E-state index in [1.807, 2.05) is 0 Å². The van der Waals surface area contributed by atoms with E-state index in [2.05, 4.69) is 20.5 Å². The van der Waals surface area contributed by atoms with Gasteiger partial charge < -0.3 is 10.4 Å². The Morgan fingerprint density at radius 3 is 2.94 bits per heavy atom. The molecular weight excluding hydrogens is 223 g/mol. The summed E-state index contributed by atoms with van der Waals surface area (Å²) in [6.45, 7) is 1.20. The Labute approximate surface area is 97.7 Å². The molecule has 0 unspecified atom stereocenters. The quantitative estimate of drug-likeness (QED) is 0.677. The maximum atomic E-state index is 12.9. The highest BCUT2D eigenvalue weighted by atomic mass is 19.1. The Morgan fingerprint density at radius 2 is 2.24 bits per heavy atom. The third-order valence-corrected chi connectivity index (χ3v) is 2.27. The number of H-pyrrole nitrogens is 1. The van der Waals surface area contributed by atoms with Crippen LogP contribution in [0.2, 0.25) is 0 Å². The van der Waals surface area contributed by atoms with Crippen LogP contribution in [0.25, 0.3) is 0 Å². The van der Waals surface area contributed by atoms with E-state index in [4.69, 9.17) is 0 Å².